The Morgan fingerprint density at radius 2 is 2.05 bits per heavy atom. The quantitative estimate of drug-likeness (QED) is 0.643. The van der Waals surface area contributed by atoms with Gasteiger partial charge in [-0.1, -0.05) is 26.0 Å². The Balaban J connectivity index is 2.19. The molecule has 0 aliphatic heterocycles. The average molecular weight is 294 g/mol. The third-order valence-electron chi connectivity index (χ3n) is 3.00. The number of benzene rings is 1. The van der Waals surface area contributed by atoms with E-state index in [1.807, 2.05) is 18.2 Å². The smallest absolute Gasteiger partial charge is 0.257 e. The van der Waals surface area contributed by atoms with Gasteiger partial charge in [-0.15, -0.1) is 0 Å². The standard InChI is InChI=1S/C16H26N2O3/c1-13(2)14-5-4-6-15(11-14)21-12-16(19)18-8-7-17-9-10-20-3/h4-6,11,13,17H,7-10,12H2,1-3H3,(H,18,19). The molecule has 118 valence electrons. The molecule has 5 heteroatoms. The number of nitrogens with one attached hydrogen (secondary N) is 2. The summed E-state index contributed by atoms with van der Waals surface area (Å²) in [7, 11) is 1.66. The van der Waals surface area contributed by atoms with Gasteiger partial charge in [-0.3, -0.25) is 4.79 Å². The number of carbonyl (C=O) groups excluding carboxylic acids is 1. The van der Waals surface area contributed by atoms with Crippen molar-refractivity contribution in [2.24, 2.45) is 0 Å². The monoisotopic (exact) mass is 294 g/mol. The third-order valence-corrected chi connectivity index (χ3v) is 3.00. The van der Waals surface area contributed by atoms with Crippen LogP contribution in [0.2, 0.25) is 0 Å². The summed E-state index contributed by atoms with van der Waals surface area (Å²) in [4.78, 5) is 11.6. The Bertz CT molecular complexity index is 422. The van der Waals surface area contributed by atoms with E-state index in [4.69, 9.17) is 9.47 Å². The van der Waals surface area contributed by atoms with Crippen molar-refractivity contribution in [3.8, 4) is 5.75 Å². The summed E-state index contributed by atoms with van der Waals surface area (Å²) in [5.41, 5.74) is 1.20. The molecule has 0 spiro atoms. The fourth-order valence-corrected chi connectivity index (χ4v) is 1.75. The molecule has 0 fully saturated rings. The maximum atomic E-state index is 11.6. The molecular formula is C16H26N2O3. The average Bonchev–Trinajstić information content (AvgIpc) is 2.49. The van der Waals surface area contributed by atoms with Crippen LogP contribution < -0.4 is 15.4 Å². The lowest BCUT2D eigenvalue weighted by Gasteiger charge is -2.10. The largest absolute Gasteiger partial charge is 0.484 e. The summed E-state index contributed by atoms with van der Waals surface area (Å²) in [6.07, 6.45) is 0. The van der Waals surface area contributed by atoms with E-state index in [0.29, 0.717) is 19.1 Å². The fraction of sp³-hybridized carbons (Fsp3) is 0.562. The molecule has 0 saturated carbocycles. The second-order valence-electron chi connectivity index (χ2n) is 5.11. The number of carbonyl (C=O) groups is 1. The zero-order chi connectivity index (χ0) is 15.5. The summed E-state index contributed by atoms with van der Waals surface area (Å²) < 4.78 is 10.4. The van der Waals surface area contributed by atoms with Gasteiger partial charge in [0, 0.05) is 26.7 Å². The Hall–Kier alpha value is -1.59. The van der Waals surface area contributed by atoms with Crippen LogP contribution in [0.5, 0.6) is 5.75 Å². The highest BCUT2D eigenvalue weighted by Gasteiger charge is 2.04. The lowest BCUT2D eigenvalue weighted by Crippen LogP contribution is -2.35. The fourth-order valence-electron chi connectivity index (χ4n) is 1.75. The van der Waals surface area contributed by atoms with E-state index in [0.717, 1.165) is 18.8 Å². The molecule has 21 heavy (non-hydrogen) atoms. The summed E-state index contributed by atoms with van der Waals surface area (Å²) in [6.45, 7) is 7.05. The molecule has 0 saturated heterocycles. The van der Waals surface area contributed by atoms with Gasteiger partial charge >= 0.3 is 0 Å². The van der Waals surface area contributed by atoms with Crippen molar-refractivity contribution < 1.29 is 14.3 Å². The Morgan fingerprint density at radius 3 is 2.76 bits per heavy atom. The minimum absolute atomic E-state index is 0.0413. The third kappa shape index (κ3) is 7.68. The molecule has 1 aromatic rings. The van der Waals surface area contributed by atoms with E-state index < -0.39 is 0 Å². The van der Waals surface area contributed by atoms with Crippen LogP contribution in [0.25, 0.3) is 0 Å². The lowest BCUT2D eigenvalue weighted by atomic mass is 10.0. The summed E-state index contributed by atoms with van der Waals surface area (Å²) in [5, 5.41) is 5.95. The van der Waals surface area contributed by atoms with Crippen LogP contribution in [0, 0.1) is 0 Å². The highest BCUT2D eigenvalue weighted by atomic mass is 16.5. The number of amides is 1. The van der Waals surface area contributed by atoms with E-state index in [1.165, 1.54) is 5.56 Å². The molecule has 1 rings (SSSR count). The first kappa shape index (κ1) is 17.5. The van der Waals surface area contributed by atoms with E-state index in [9.17, 15) is 4.79 Å². The zero-order valence-corrected chi connectivity index (χ0v) is 13.1. The molecule has 0 atom stereocenters. The molecule has 0 aliphatic carbocycles. The van der Waals surface area contributed by atoms with Gasteiger partial charge in [0.25, 0.3) is 5.91 Å². The maximum absolute atomic E-state index is 11.6. The van der Waals surface area contributed by atoms with Crippen molar-refractivity contribution >= 4 is 5.91 Å². The normalized spacial score (nSPS) is 10.7. The van der Waals surface area contributed by atoms with Gasteiger partial charge in [0.15, 0.2) is 6.61 Å². The first-order valence-electron chi connectivity index (χ1n) is 7.32. The van der Waals surface area contributed by atoms with Crippen LogP contribution in [0.4, 0.5) is 0 Å². The van der Waals surface area contributed by atoms with Gasteiger partial charge in [0.05, 0.1) is 6.61 Å². The van der Waals surface area contributed by atoms with Gasteiger partial charge in [0.2, 0.25) is 0 Å². The van der Waals surface area contributed by atoms with Crippen LogP contribution in [0.15, 0.2) is 24.3 Å². The summed E-state index contributed by atoms with van der Waals surface area (Å²) in [6, 6.07) is 7.85. The number of hydrogen-bond acceptors (Lipinski definition) is 4. The van der Waals surface area contributed by atoms with E-state index in [2.05, 4.69) is 30.5 Å². The summed E-state index contributed by atoms with van der Waals surface area (Å²) in [5.74, 6) is 1.06. The topological polar surface area (TPSA) is 59.6 Å². The van der Waals surface area contributed by atoms with Crippen molar-refractivity contribution in [3.63, 3.8) is 0 Å². The predicted molar refractivity (Wildman–Crippen MR) is 83.8 cm³/mol. The highest BCUT2D eigenvalue weighted by Crippen LogP contribution is 2.19. The minimum atomic E-state index is -0.113. The van der Waals surface area contributed by atoms with E-state index in [-0.39, 0.29) is 12.5 Å². The molecule has 0 aromatic heterocycles. The van der Waals surface area contributed by atoms with Crippen molar-refractivity contribution in [2.45, 2.75) is 19.8 Å². The van der Waals surface area contributed by atoms with Gasteiger partial charge in [0.1, 0.15) is 5.75 Å². The number of rotatable bonds is 10. The van der Waals surface area contributed by atoms with Gasteiger partial charge in [-0.2, -0.15) is 0 Å². The molecule has 1 amide bonds. The van der Waals surface area contributed by atoms with Crippen LogP contribution in [0.1, 0.15) is 25.3 Å². The predicted octanol–water partition coefficient (Wildman–Crippen LogP) is 1.54. The van der Waals surface area contributed by atoms with E-state index in [1.54, 1.807) is 7.11 Å². The van der Waals surface area contributed by atoms with Crippen molar-refractivity contribution in [1.82, 2.24) is 10.6 Å². The van der Waals surface area contributed by atoms with E-state index >= 15 is 0 Å². The molecule has 0 heterocycles. The van der Waals surface area contributed by atoms with Gasteiger partial charge in [-0.05, 0) is 23.6 Å². The van der Waals surface area contributed by atoms with Crippen LogP contribution in [0.3, 0.4) is 0 Å². The second kappa shape index (κ2) is 10.2. The second-order valence-corrected chi connectivity index (χ2v) is 5.11. The van der Waals surface area contributed by atoms with Crippen molar-refractivity contribution in [2.75, 3.05) is 40.0 Å². The molecular weight excluding hydrogens is 268 g/mol. The Morgan fingerprint density at radius 1 is 1.24 bits per heavy atom. The Kier molecular flexibility index (Phi) is 8.47. The molecule has 1 aromatic carbocycles. The van der Waals surface area contributed by atoms with Crippen molar-refractivity contribution in [1.29, 1.82) is 0 Å². The van der Waals surface area contributed by atoms with Crippen LogP contribution in [-0.4, -0.2) is 45.9 Å². The van der Waals surface area contributed by atoms with Crippen molar-refractivity contribution in [3.05, 3.63) is 29.8 Å². The minimum Gasteiger partial charge on any atom is -0.484 e. The van der Waals surface area contributed by atoms with Gasteiger partial charge < -0.3 is 20.1 Å². The van der Waals surface area contributed by atoms with Gasteiger partial charge in [-0.25, -0.2) is 0 Å². The Labute approximate surface area is 127 Å². The molecule has 0 unspecified atom stereocenters. The first-order chi connectivity index (χ1) is 10.1. The number of methoxy groups -OCH3 is 1. The zero-order valence-electron chi connectivity index (χ0n) is 13.1. The molecule has 0 aliphatic rings. The molecule has 0 bridgehead atoms. The lowest BCUT2D eigenvalue weighted by molar-refractivity contribution is -0.123. The SMILES string of the molecule is COCCNCCNC(=O)COc1cccc(C(C)C)c1. The first-order valence-corrected chi connectivity index (χ1v) is 7.32. The van der Waals surface area contributed by atoms with Crippen LogP contribution in [-0.2, 0) is 9.53 Å². The molecule has 0 radical (unpaired) electrons. The maximum Gasteiger partial charge on any atom is 0.257 e. The summed E-state index contributed by atoms with van der Waals surface area (Å²) >= 11 is 0. The number of ether oxygens (including phenoxy) is 2. The number of hydrogen-bond donors (Lipinski definition) is 2. The molecule has 2 N–H and O–H groups in total. The van der Waals surface area contributed by atoms with Crippen LogP contribution >= 0.6 is 0 Å². The highest BCUT2D eigenvalue weighted by molar-refractivity contribution is 5.77. The molecule has 5 nitrogen and oxygen atoms in total.